The van der Waals surface area contributed by atoms with Crippen LogP contribution in [0.5, 0.6) is 0 Å². The quantitative estimate of drug-likeness (QED) is 0.130. The number of fused-ring (bicyclic) bond motifs is 12. The number of hydrogen-bond acceptors (Lipinski definition) is 4. The maximum atomic E-state index is 13.7. The first-order chi connectivity index (χ1) is 47.0. The van der Waals surface area contributed by atoms with Gasteiger partial charge in [-0.2, -0.15) is 0 Å². The molecule has 0 amide bonds. The molecule has 0 N–H and O–H groups in total. The maximum absolute atomic E-state index is 13.7. The van der Waals surface area contributed by atoms with Gasteiger partial charge in [-0.25, -0.2) is 35.8 Å². The van der Waals surface area contributed by atoms with Crippen molar-refractivity contribution in [3.8, 4) is 45.0 Å². The minimum absolute atomic E-state index is 0.195. The van der Waals surface area contributed by atoms with Crippen molar-refractivity contribution in [3.05, 3.63) is 262 Å². The van der Waals surface area contributed by atoms with Gasteiger partial charge >= 0.3 is 0 Å². The molecule has 8 aromatic heterocycles. The van der Waals surface area contributed by atoms with Gasteiger partial charge in [0.25, 0.3) is 0 Å². The van der Waals surface area contributed by atoms with Crippen LogP contribution < -0.4 is 18.3 Å². The normalized spacial score (nSPS) is 12.9. The van der Waals surface area contributed by atoms with Crippen molar-refractivity contribution in [2.45, 2.75) is 55.2 Å². The van der Waals surface area contributed by atoms with Crippen LogP contribution >= 0.6 is 0 Å². The smallest absolute Gasteiger partial charge is 0.216 e. The second kappa shape index (κ2) is 23.9. The standard InChI is InChI=1S/C21H19FNO.2C20H17FNO.C19H15FNO/c1-12-5-7-17-16-8-6-15(22)10-19(16)24-21(17)20(12)18-9-13(2)14(3)11-23(18)4;1-12-4-9-17(22(3)11-12)19-13(2)5-7-16-15-8-6-14(21)10-18(15)23-20(16)19;1-12-8-9-22(3)17(10-12)19-13(2)4-6-16-15-7-5-14(21)11-18(15)23-20(16)19;1-12-6-8-15-14-9-7-13(20)11-17(14)22-19(15)18(12)16-5-3-4-10-21(16)2/h5-11H,1-4H3;2*4-11H,1-3H3;3-11H,1-2H3/q4*+1/i3D3;1D3;;11D. The van der Waals surface area contributed by atoms with Gasteiger partial charge in [0.1, 0.15) is 96.1 Å². The molecule has 8 nitrogen and oxygen atoms in total. The maximum Gasteiger partial charge on any atom is 0.216 e. The molecule has 0 aliphatic heterocycles. The van der Waals surface area contributed by atoms with Crippen molar-refractivity contribution in [3.63, 3.8) is 0 Å². The summed E-state index contributed by atoms with van der Waals surface area (Å²) in [6.45, 7) is 7.60. The Labute approximate surface area is 539 Å². The van der Waals surface area contributed by atoms with E-state index in [9.17, 15) is 17.6 Å². The van der Waals surface area contributed by atoms with E-state index in [0.717, 1.165) is 116 Å². The minimum Gasteiger partial charge on any atom is -0.455 e. The highest BCUT2D eigenvalue weighted by Gasteiger charge is 2.26. The molecule has 0 fully saturated rings. The predicted octanol–water partition coefficient (Wildman–Crippen LogP) is 19.3. The van der Waals surface area contributed by atoms with Crippen molar-refractivity contribution in [2.24, 2.45) is 28.2 Å². The first kappa shape index (κ1) is 52.1. The van der Waals surface area contributed by atoms with E-state index in [2.05, 4.69) is 36.6 Å². The van der Waals surface area contributed by atoms with E-state index >= 15 is 0 Å². The monoisotopic (exact) mass is 1230 g/mol. The number of aryl methyl sites for hydroxylation is 12. The molecular formula is C80H68F4N4O4+4. The van der Waals surface area contributed by atoms with Crippen LogP contribution in [-0.4, -0.2) is 0 Å². The van der Waals surface area contributed by atoms with E-state index in [4.69, 9.17) is 27.3 Å². The molecule has 16 rings (SSSR count). The summed E-state index contributed by atoms with van der Waals surface area (Å²) >= 11 is 0. The molecule has 0 atom stereocenters. The molecule has 16 aromatic rings. The number of aromatic nitrogens is 4. The summed E-state index contributed by atoms with van der Waals surface area (Å²) in [5.41, 5.74) is 19.0. The van der Waals surface area contributed by atoms with Gasteiger partial charge in [-0.3, -0.25) is 0 Å². The van der Waals surface area contributed by atoms with Gasteiger partial charge in [0.05, 0.1) is 23.6 Å². The van der Waals surface area contributed by atoms with Crippen LogP contribution in [0.3, 0.4) is 0 Å². The molecule has 456 valence electrons. The Morgan fingerprint density at radius 3 is 1.17 bits per heavy atom. The highest BCUT2D eigenvalue weighted by molar-refractivity contribution is 6.13. The lowest BCUT2D eigenvalue weighted by Gasteiger charge is -2.07. The van der Waals surface area contributed by atoms with E-state index in [-0.39, 0.29) is 29.1 Å². The minimum atomic E-state index is -2.17. The predicted molar refractivity (Wildman–Crippen MR) is 359 cm³/mol. The number of furan rings is 4. The topological polar surface area (TPSA) is 68.1 Å². The van der Waals surface area contributed by atoms with Crippen LogP contribution in [0.4, 0.5) is 17.6 Å². The van der Waals surface area contributed by atoms with Gasteiger partial charge in [-0.05, 0) is 149 Å². The van der Waals surface area contributed by atoms with Crippen LogP contribution in [-0.2, 0) is 28.2 Å². The Hall–Kier alpha value is -10.7. The third-order valence-electron chi connectivity index (χ3n) is 17.2. The van der Waals surface area contributed by atoms with Gasteiger partial charge in [0.2, 0.25) is 22.8 Å². The van der Waals surface area contributed by atoms with Crippen molar-refractivity contribution in [1.29, 1.82) is 0 Å². The van der Waals surface area contributed by atoms with Crippen LogP contribution in [0.15, 0.2) is 212 Å². The Bertz CT molecular complexity index is 5950. The van der Waals surface area contributed by atoms with Crippen LogP contribution in [0.25, 0.3) is 133 Å². The molecule has 0 aliphatic rings. The molecule has 8 heterocycles. The molecule has 0 spiro atoms. The van der Waals surface area contributed by atoms with Gasteiger partial charge < -0.3 is 17.7 Å². The van der Waals surface area contributed by atoms with Crippen molar-refractivity contribution in [1.82, 2.24) is 0 Å². The summed E-state index contributed by atoms with van der Waals surface area (Å²) in [5, 5.41) is 7.14. The second-order valence-corrected chi connectivity index (χ2v) is 23.6. The summed E-state index contributed by atoms with van der Waals surface area (Å²) in [4.78, 5) is 0. The zero-order valence-corrected chi connectivity index (χ0v) is 52.3. The second-order valence-electron chi connectivity index (χ2n) is 23.6. The highest BCUT2D eigenvalue weighted by Crippen LogP contribution is 2.42. The number of nitrogens with zero attached hydrogens (tertiary/aromatic N) is 4. The Balaban J connectivity index is 0.000000119. The van der Waals surface area contributed by atoms with Crippen LogP contribution in [0.1, 0.15) is 54.1 Å². The number of benzene rings is 8. The van der Waals surface area contributed by atoms with Crippen LogP contribution in [0, 0.1) is 78.5 Å². The Morgan fingerprint density at radius 1 is 0.315 bits per heavy atom. The zero-order chi connectivity index (χ0) is 70.4. The molecule has 8 aromatic carbocycles. The van der Waals surface area contributed by atoms with Crippen molar-refractivity contribution < 1.29 is 63.1 Å². The summed E-state index contributed by atoms with van der Waals surface area (Å²) < 4.78 is 140. The third kappa shape index (κ3) is 11.0. The fourth-order valence-corrected chi connectivity index (χ4v) is 12.4. The number of rotatable bonds is 4. The van der Waals surface area contributed by atoms with Gasteiger partial charge in [-0.1, -0.05) is 48.5 Å². The lowest BCUT2D eigenvalue weighted by molar-refractivity contribution is -0.660. The molecule has 0 unspecified atom stereocenters. The number of halogens is 4. The molecule has 0 radical (unpaired) electrons. The molecule has 92 heavy (non-hydrogen) atoms. The summed E-state index contributed by atoms with van der Waals surface area (Å²) in [6.07, 6.45) is 7.29. The lowest BCUT2D eigenvalue weighted by atomic mass is 9.99. The first-order valence-corrected chi connectivity index (χ1v) is 29.9. The first-order valence-electron chi connectivity index (χ1n) is 33.4. The molecule has 0 aliphatic carbocycles. The lowest BCUT2D eigenvalue weighted by Crippen LogP contribution is -2.31. The molecule has 12 heteroatoms. The average molecular weight is 1230 g/mol. The molecule has 0 saturated heterocycles. The average Bonchev–Trinajstić information content (AvgIpc) is 1.61. The van der Waals surface area contributed by atoms with Gasteiger partial charge in [0.15, 0.2) is 24.8 Å². The largest absolute Gasteiger partial charge is 0.455 e. The third-order valence-corrected chi connectivity index (χ3v) is 17.2. The van der Waals surface area contributed by atoms with E-state index in [1.54, 1.807) is 60.3 Å². The fourth-order valence-electron chi connectivity index (χ4n) is 12.4. The highest BCUT2D eigenvalue weighted by atomic mass is 19.1. The number of hydrogen-bond donors (Lipinski definition) is 0. The molecule has 0 saturated carbocycles. The van der Waals surface area contributed by atoms with Crippen molar-refractivity contribution in [2.75, 3.05) is 0 Å². The molecular weight excluding hydrogens is 1160 g/mol. The van der Waals surface area contributed by atoms with Crippen molar-refractivity contribution >= 4 is 87.8 Å². The summed E-state index contributed by atoms with van der Waals surface area (Å²) in [5.74, 6) is -1.54. The SMILES string of the molecule is Cc1cc[n+](C)c(-c2c(C)ccc3c2oc2cc(F)ccc23)c1.[2H]C([2H])([2H])c1c[n+](C)c(-c2c(C)ccc3c2oc2cc(F)ccc23)cc1C.[2H]C([2H])([2H])c1ccc(-c2c(C)ccc3c2oc2cc(F)ccc23)[n+](C)c1.[2H]c1c(F)ccc2c1oc1c(-c3cccc[n+]3C)c(C)ccc12. The number of pyridine rings is 4. The van der Waals surface area contributed by atoms with E-state index in [1.807, 2.05) is 137 Å². The Kier molecular flexibility index (Phi) is 13.5. The zero-order valence-electron chi connectivity index (χ0n) is 59.3. The summed E-state index contributed by atoms with van der Waals surface area (Å²) in [7, 11) is 7.64. The van der Waals surface area contributed by atoms with Gasteiger partial charge in [0, 0.05) is 123 Å². The van der Waals surface area contributed by atoms with E-state index in [0.29, 0.717) is 50.2 Å². The van der Waals surface area contributed by atoms with E-state index in [1.165, 1.54) is 48.0 Å². The van der Waals surface area contributed by atoms with E-state index < -0.39 is 19.5 Å². The summed E-state index contributed by atoms with van der Waals surface area (Å²) in [6, 6.07) is 48.1. The fraction of sp³-hybridized carbons (Fsp3) is 0.150. The van der Waals surface area contributed by atoms with Crippen LogP contribution in [0.2, 0.25) is 0 Å². The Morgan fingerprint density at radius 2 is 0.717 bits per heavy atom. The molecule has 0 bridgehead atoms. The van der Waals surface area contributed by atoms with Gasteiger partial charge in [-0.15, -0.1) is 0 Å².